The molecule has 0 saturated carbocycles. The summed E-state index contributed by atoms with van der Waals surface area (Å²) in [6, 6.07) is 65.3. The molecule has 53 heavy (non-hydrogen) atoms. The average Bonchev–Trinajstić information content (AvgIpc) is 3.46. The Bertz CT molecular complexity index is 2850. The molecule has 0 fully saturated rings. The van der Waals surface area contributed by atoms with Crippen LogP contribution in [0.1, 0.15) is 25.0 Å². The lowest BCUT2D eigenvalue weighted by Crippen LogP contribution is -2.16. The Morgan fingerprint density at radius 1 is 0.358 bits per heavy atom. The molecule has 0 amide bonds. The Morgan fingerprint density at radius 2 is 0.906 bits per heavy atom. The number of rotatable bonds is 5. The Kier molecular flexibility index (Phi) is 7.19. The second kappa shape index (κ2) is 12.3. The van der Waals surface area contributed by atoms with E-state index in [2.05, 4.69) is 190 Å². The molecule has 8 aromatic carbocycles. The molecule has 250 valence electrons. The summed E-state index contributed by atoms with van der Waals surface area (Å²) in [6.07, 6.45) is 0. The van der Waals surface area contributed by atoms with E-state index < -0.39 is 0 Å². The van der Waals surface area contributed by atoms with E-state index in [0.29, 0.717) is 5.82 Å². The van der Waals surface area contributed by atoms with Crippen molar-refractivity contribution in [3.05, 3.63) is 193 Å². The molecule has 1 aromatic heterocycles. The van der Waals surface area contributed by atoms with Crippen LogP contribution in [0.3, 0.4) is 0 Å². The van der Waals surface area contributed by atoms with Crippen molar-refractivity contribution in [2.45, 2.75) is 19.3 Å². The largest absolute Gasteiger partial charge is 0.228 e. The van der Waals surface area contributed by atoms with Crippen molar-refractivity contribution >= 4 is 21.5 Å². The van der Waals surface area contributed by atoms with Crippen LogP contribution in [0.2, 0.25) is 0 Å². The summed E-state index contributed by atoms with van der Waals surface area (Å²) in [6.45, 7) is 4.73. The van der Waals surface area contributed by atoms with E-state index in [9.17, 15) is 0 Å². The topological polar surface area (TPSA) is 25.8 Å². The van der Waals surface area contributed by atoms with Gasteiger partial charge in [0.1, 0.15) is 0 Å². The summed E-state index contributed by atoms with van der Waals surface area (Å²) in [5.41, 5.74) is 15.1. The highest BCUT2D eigenvalue weighted by Crippen LogP contribution is 2.53. The predicted molar refractivity (Wildman–Crippen MR) is 222 cm³/mol. The van der Waals surface area contributed by atoms with Crippen molar-refractivity contribution in [3.63, 3.8) is 0 Å². The Hall–Kier alpha value is -6.64. The Labute approximate surface area is 310 Å². The van der Waals surface area contributed by atoms with Gasteiger partial charge in [-0.3, -0.25) is 0 Å². The molecule has 0 radical (unpaired) electrons. The van der Waals surface area contributed by atoms with E-state index in [1.165, 1.54) is 55.1 Å². The van der Waals surface area contributed by atoms with E-state index in [0.717, 1.165) is 39.0 Å². The number of benzene rings is 8. The minimum atomic E-state index is -0.120. The first kappa shape index (κ1) is 31.1. The first-order chi connectivity index (χ1) is 26.0. The molecule has 0 aliphatic heterocycles. The molecular formula is C51H36N2. The summed E-state index contributed by atoms with van der Waals surface area (Å²) >= 11 is 0. The van der Waals surface area contributed by atoms with Crippen LogP contribution in [0.25, 0.3) is 88.8 Å². The Balaban J connectivity index is 1.20. The van der Waals surface area contributed by atoms with Crippen molar-refractivity contribution in [2.24, 2.45) is 0 Å². The van der Waals surface area contributed by atoms with Gasteiger partial charge >= 0.3 is 0 Å². The standard InChI is InChI=1S/C51H36N2/c1-51(2)46-27-14-13-24-41(46)44-26-15-25-43(49(44)51)40-28-29-42(39-23-12-11-22-38(39)40)47-32-48(53-50(52-47)34-18-7-4-8-19-34)45-31-36(33-16-5-3-6-17-33)30-35-20-9-10-21-37(35)45/h3-32H,1-2H3. The van der Waals surface area contributed by atoms with Gasteiger partial charge in [0.25, 0.3) is 0 Å². The van der Waals surface area contributed by atoms with Crippen LogP contribution in [0, 0.1) is 0 Å². The van der Waals surface area contributed by atoms with Crippen LogP contribution in [-0.2, 0) is 5.41 Å². The molecule has 1 heterocycles. The number of nitrogens with zero attached hydrogens (tertiary/aromatic N) is 2. The SMILES string of the molecule is CC1(C)c2ccccc2-c2cccc(-c3ccc(-c4cc(-c5cc(-c6ccccc6)cc6ccccc56)nc(-c5ccccc5)n4)c4ccccc34)c21. The molecule has 2 heteroatoms. The molecule has 2 nitrogen and oxygen atoms in total. The van der Waals surface area contributed by atoms with Crippen molar-refractivity contribution < 1.29 is 0 Å². The zero-order valence-electron chi connectivity index (χ0n) is 29.7. The first-order valence-electron chi connectivity index (χ1n) is 18.3. The number of fused-ring (bicyclic) bond motifs is 5. The van der Waals surface area contributed by atoms with Crippen molar-refractivity contribution in [2.75, 3.05) is 0 Å². The third kappa shape index (κ3) is 5.10. The molecule has 0 N–H and O–H groups in total. The minimum Gasteiger partial charge on any atom is -0.228 e. The van der Waals surface area contributed by atoms with Gasteiger partial charge in [0.05, 0.1) is 11.4 Å². The summed E-state index contributed by atoms with van der Waals surface area (Å²) in [4.78, 5) is 10.6. The molecule has 0 spiro atoms. The maximum absolute atomic E-state index is 5.31. The molecule has 0 saturated heterocycles. The maximum Gasteiger partial charge on any atom is 0.160 e. The van der Waals surface area contributed by atoms with Gasteiger partial charge in [-0.05, 0) is 84.3 Å². The highest BCUT2D eigenvalue weighted by atomic mass is 14.9. The molecule has 0 bridgehead atoms. The van der Waals surface area contributed by atoms with Gasteiger partial charge in [0.2, 0.25) is 0 Å². The third-order valence-electron chi connectivity index (χ3n) is 11.1. The van der Waals surface area contributed by atoms with Gasteiger partial charge in [-0.15, -0.1) is 0 Å². The maximum atomic E-state index is 5.31. The summed E-state index contributed by atoms with van der Waals surface area (Å²) in [5, 5.41) is 4.73. The van der Waals surface area contributed by atoms with E-state index in [1.54, 1.807) is 0 Å². The molecular weight excluding hydrogens is 641 g/mol. The molecule has 1 aliphatic carbocycles. The van der Waals surface area contributed by atoms with Crippen LogP contribution < -0.4 is 0 Å². The smallest absolute Gasteiger partial charge is 0.160 e. The van der Waals surface area contributed by atoms with E-state index in [1.807, 2.05) is 6.07 Å². The fourth-order valence-corrected chi connectivity index (χ4v) is 8.59. The fourth-order valence-electron chi connectivity index (χ4n) is 8.59. The summed E-state index contributed by atoms with van der Waals surface area (Å²) in [5.74, 6) is 0.709. The van der Waals surface area contributed by atoms with Crippen LogP contribution in [0.4, 0.5) is 0 Å². The average molecular weight is 677 g/mol. The quantitative estimate of drug-likeness (QED) is 0.181. The van der Waals surface area contributed by atoms with Crippen molar-refractivity contribution in [1.82, 2.24) is 9.97 Å². The zero-order valence-corrected chi connectivity index (χ0v) is 29.7. The van der Waals surface area contributed by atoms with Gasteiger partial charge in [0.15, 0.2) is 5.82 Å². The van der Waals surface area contributed by atoms with E-state index in [-0.39, 0.29) is 5.41 Å². The molecule has 0 unspecified atom stereocenters. The van der Waals surface area contributed by atoms with Crippen LogP contribution in [-0.4, -0.2) is 9.97 Å². The summed E-state index contributed by atoms with van der Waals surface area (Å²) < 4.78 is 0. The highest BCUT2D eigenvalue weighted by molar-refractivity contribution is 6.07. The van der Waals surface area contributed by atoms with Gasteiger partial charge in [-0.2, -0.15) is 0 Å². The van der Waals surface area contributed by atoms with Gasteiger partial charge in [-0.25, -0.2) is 9.97 Å². The lowest BCUT2D eigenvalue weighted by molar-refractivity contribution is 0.662. The number of hydrogen-bond acceptors (Lipinski definition) is 2. The molecule has 9 aromatic rings. The first-order valence-corrected chi connectivity index (χ1v) is 18.3. The van der Waals surface area contributed by atoms with Crippen LogP contribution in [0.15, 0.2) is 182 Å². The van der Waals surface area contributed by atoms with Gasteiger partial charge < -0.3 is 0 Å². The van der Waals surface area contributed by atoms with Crippen LogP contribution in [0.5, 0.6) is 0 Å². The monoisotopic (exact) mass is 676 g/mol. The summed E-state index contributed by atoms with van der Waals surface area (Å²) in [7, 11) is 0. The zero-order chi connectivity index (χ0) is 35.5. The van der Waals surface area contributed by atoms with Crippen molar-refractivity contribution in [1.29, 1.82) is 0 Å². The fraction of sp³-hybridized carbons (Fsp3) is 0.0588. The van der Waals surface area contributed by atoms with E-state index >= 15 is 0 Å². The molecule has 1 aliphatic rings. The molecule has 0 atom stereocenters. The van der Waals surface area contributed by atoms with E-state index in [4.69, 9.17) is 9.97 Å². The second-order valence-corrected chi connectivity index (χ2v) is 14.5. The number of aromatic nitrogens is 2. The minimum absolute atomic E-state index is 0.120. The highest BCUT2D eigenvalue weighted by Gasteiger charge is 2.37. The second-order valence-electron chi connectivity index (χ2n) is 14.5. The lowest BCUT2D eigenvalue weighted by Gasteiger charge is -2.25. The normalized spacial score (nSPS) is 12.9. The molecule has 10 rings (SSSR count). The van der Waals surface area contributed by atoms with Gasteiger partial charge in [-0.1, -0.05) is 178 Å². The lowest BCUT2D eigenvalue weighted by atomic mass is 9.78. The van der Waals surface area contributed by atoms with Crippen molar-refractivity contribution in [3.8, 4) is 67.3 Å². The Morgan fingerprint density at radius 3 is 1.66 bits per heavy atom. The number of hydrogen-bond donors (Lipinski definition) is 0. The predicted octanol–water partition coefficient (Wildman–Crippen LogP) is 13.4. The third-order valence-corrected chi connectivity index (χ3v) is 11.1. The van der Waals surface area contributed by atoms with Gasteiger partial charge in [0, 0.05) is 22.1 Å². The van der Waals surface area contributed by atoms with Crippen LogP contribution >= 0.6 is 0 Å².